The van der Waals surface area contributed by atoms with Gasteiger partial charge in [-0.1, -0.05) is 35.9 Å². The Kier molecular flexibility index (Phi) is 8.82. The third-order valence-corrected chi connectivity index (χ3v) is 4.84. The monoisotopic (exact) mass is 493 g/mol. The first kappa shape index (κ1) is 25.3. The summed E-state index contributed by atoms with van der Waals surface area (Å²) in [5.74, 6) is -0.912. The third-order valence-electron chi connectivity index (χ3n) is 4.54. The lowest BCUT2D eigenvalue weighted by atomic mass is 10.1. The van der Waals surface area contributed by atoms with Crippen LogP contribution in [0.15, 0.2) is 72.3 Å². The van der Waals surface area contributed by atoms with E-state index < -0.39 is 24.2 Å². The van der Waals surface area contributed by atoms with E-state index in [1.54, 1.807) is 36.4 Å². The van der Waals surface area contributed by atoms with E-state index in [4.69, 9.17) is 21.1 Å². The molecule has 0 aromatic heterocycles. The number of carbonyl (C=O) groups excluding carboxylic acids is 2. The molecule has 0 heterocycles. The van der Waals surface area contributed by atoms with E-state index in [0.717, 1.165) is 0 Å². The molecule has 0 saturated carbocycles. The number of ether oxygens (including phenoxy) is 2. The summed E-state index contributed by atoms with van der Waals surface area (Å²) in [7, 11) is 0. The fourth-order valence-electron chi connectivity index (χ4n) is 2.96. The molecule has 0 aliphatic heterocycles. The molecule has 0 bridgehead atoms. The number of amides is 2. The average Bonchev–Trinajstić information content (AvgIpc) is 2.84. The van der Waals surface area contributed by atoms with Gasteiger partial charge >= 0.3 is 0 Å². The van der Waals surface area contributed by atoms with E-state index in [1.807, 2.05) is 13.0 Å². The molecule has 2 amide bonds. The molecule has 0 aliphatic rings. The fraction of sp³-hybridized carbons (Fsp3) is 0.115. The molecule has 9 heteroatoms. The molecule has 0 fully saturated rings. The lowest BCUT2D eigenvalue weighted by Crippen LogP contribution is -2.20. The zero-order valence-corrected chi connectivity index (χ0v) is 19.4. The average molecular weight is 494 g/mol. The standard InChI is InChI=1S/C26H21ClFN3O4/c1-2-34-20-7-5-6-19(14-20)30-26(33)18(15-29)12-17-10-11-24(21(27)13-17)35-16-25(32)31-23-9-4-3-8-22(23)28/h3-14H,2,16H2,1H3,(H,30,33)(H,31,32)/b18-12-. The number of halogens is 2. The summed E-state index contributed by atoms with van der Waals surface area (Å²) in [6.07, 6.45) is 1.38. The molecular weight excluding hydrogens is 473 g/mol. The molecule has 3 rings (SSSR count). The Morgan fingerprint density at radius 3 is 2.57 bits per heavy atom. The minimum atomic E-state index is -0.595. The first-order valence-electron chi connectivity index (χ1n) is 10.5. The van der Waals surface area contributed by atoms with Gasteiger partial charge in [0.25, 0.3) is 11.8 Å². The smallest absolute Gasteiger partial charge is 0.266 e. The molecule has 35 heavy (non-hydrogen) atoms. The third kappa shape index (κ3) is 7.32. The number of anilines is 2. The number of rotatable bonds is 9. The molecule has 0 aliphatic carbocycles. The highest BCUT2D eigenvalue weighted by Gasteiger charge is 2.12. The van der Waals surface area contributed by atoms with E-state index in [-0.39, 0.29) is 22.0 Å². The minimum Gasteiger partial charge on any atom is -0.494 e. The van der Waals surface area contributed by atoms with E-state index >= 15 is 0 Å². The summed E-state index contributed by atoms with van der Waals surface area (Å²) in [5.41, 5.74) is 0.867. The van der Waals surface area contributed by atoms with Gasteiger partial charge in [-0.3, -0.25) is 9.59 Å². The van der Waals surface area contributed by atoms with Crippen molar-refractivity contribution in [2.75, 3.05) is 23.8 Å². The van der Waals surface area contributed by atoms with Gasteiger partial charge in [0.2, 0.25) is 0 Å². The van der Waals surface area contributed by atoms with Crippen LogP contribution in [0.5, 0.6) is 11.5 Å². The van der Waals surface area contributed by atoms with Crippen molar-refractivity contribution >= 4 is 40.9 Å². The SMILES string of the molecule is CCOc1cccc(NC(=O)/C(C#N)=C\c2ccc(OCC(=O)Nc3ccccc3F)c(Cl)c2)c1. The Hall–Kier alpha value is -4.35. The molecule has 0 spiro atoms. The van der Waals surface area contributed by atoms with Gasteiger partial charge < -0.3 is 20.1 Å². The van der Waals surface area contributed by atoms with Gasteiger partial charge in [-0.2, -0.15) is 5.26 Å². The number of para-hydroxylation sites is 1. The minimum absolute atomic E-state index is 0.0413. The molecule has 0 radical (unpaired) electrons. The van der Waals surface area contributed by atoms with Crippen molar-refractivity contribution in [1.82, 2.24) is 0 Å². The topological polar surface area (TPSA) is 100 Å². The summed E-state index contributed by atoms with van der Waals surface area (Å²) in [4.78, 5) is 24.6. The number of nitrogens with one attached hydrogen (secondary N) is 2. The van der Waals surface area contributed by atoms with Crippen LogP contribution in [0, 0.1) is 17.1 Å². The van der Waals surface area contributed by atoms with Gasteiger partial charge in [-0.15, -0.1) is 0 Å². The van der Waals surface area contributed by atoms with Crippen molar-refractivity contribution in [1.29, 1.82) is 5.26 Å². The lowest BCUT2D eigenvalue weighted by Gasteiger charge is -2.10. The number of benzene rings is 3. The van der Waals surface area contributed by atoms with Gasteiger partial charge in [0.1, 0.15) is 29.0 Å². The van der Waals surface area contributed by atoms with Crippen molar-refractivity contribution in [3.8, 4) is 17.6 Å². The molecule has 3 aromatic carbocycles. The Labute approximate surface area is 206 Å². The summed E-state index contributed by atoms with van der Waals surface area (Å²) >= 11 is 6.24. The highest BCUT2D eigenvalue weighted by molar-refractivity contribution is 6.32. The highest BCUT2D eigenvalue weighted by Crippen LogP contribution is 2.27. The second-order valence-electron chi connectivity index (χ2n) is 7.09. The van der Waals surface area contributed by atoms with Gasteiger partial charge in [-0.25, -0.2) is 4.39 Å². The molecule has 178 valence electrons. The molecule has 3 aromatic rings. The maximum atomic E-state index is 13.6. The zero-order chi connectivity index (χ0) is 25.2. The van der Waals surface area contributed by atoms with E-state index in [9.17, 15) is 19.2 Å². The van der Waals surface area contributed by atoms with Crippen LogP contribution in [0.1, 0.15) is 12.5 Å². The summed E-state index contributed by atoms with van der Waals surface area (Å²) in [5, 5.41) is 14.7. The van der Waals surface area contributed by atoms with Gasteiger partial charge in [0, 0.05) is 11.8 Å². The Morgan fingerprint density at radius 1 is 1.06 bits per heavy atom. The van der Waals surface area contributed by atoms with Crippen LogP contribution in [-0.4, -0.2) is 25.0 Å². The van der Waals surface area contributed by atoms with Crippen molar-refractivity contribution in [3.05, 3.63) is 88.7 Å². The first-order valence-corrected chi connectivity index (χ1v) is 10.9. The van der Waals surface area contributed by atoms with Crippen molar-refractivity contribution in [2.45, 2.75) is 6.92 Å². The maximum absolute atomic E-state index is 13.6. The maximum Gasteiger partial charge on any atom is 0.266 e. The van der Waals surface area contributed by atoms with E-state index in [2.05, 4.69) is 10.6 Å². The molecule has 2 N–H and O–H groups in total. The molecule has 0 atom stereocenters. The quantitative estimate of drug-likeness (QED) is 0.305. The Balaban J connectivity index is 1.64. The van der Waals surface area contributed by atoms with Crippen molar-refractivity contribution < 1.29 is 23.5 Å². The number of nitriles is 1. The lowest BCUT2D eigenvalue weighted by molar-refractivity contribution is -0.118. The predicted molar refractivity (Wildman–Crippen MR) is 132 cm³/mol. The van der Waals surface area contributed by atoms with E-state index in [0.29, 0.717) is 23.6 Å². The Bertz CT molecular complexity index is 1300. The van der Waals surface area contributed by atoms with Crippen LogP contribution in [0.2, 0.25) is 5.02 Å². The molecule has 7 nitrogen and oxygen atoms in total. The molecular formula is C26H21ClFN3O4. The number of nitrogens with zero attached hydrogens (tertiary/aromatic N) is 1. The normalized spacial score (nSPS) is 10.7. The number of hydrogen-bond acceptors (Lipinski definition) is 5. The van der Waals surface area contributed by atoms with Crippen LogP contribution >= 0.6 is 11.6 Å². The van der Waals surface area contributed by atoms with Crippen molar-refractivity contribution in [3.63, 3.8) is 0 Å². The van der Waals surface area contributed by atoms with Crippen molar-refractivity contribution in [2.24, 2.45) is 0 Å². The largest absolute Gasteiger partial charge is 0.494 e. The number of hydrogen-bond donors (Lipinski definition) is 2. The first-order chi connectivity index (χ1) is 16.9. The summed E-state index contributed by atoms with van der Waals surface area (Å²) in [6.45, 7) is 1.94. The van der Waals surface area contributed by atoms with Crippen LogP contribution in [-0.2, 0) is 9.59 Å². The second-order valence-corrected chi connectivity index (χ2v) is 7.50. The predicted octanol–water partition coefficient (Wildman–Crippen LogP) is 5.44. The van der Waals surface area contributed by atoms with Crippen LogP contribution in [0.25, 0.3) is 6.08 Å². The van der Waals surface area contributed by atoms with Crippen LogP contribution in [0.4, 0.5) is 15.8 Å². The second kappa shape index (κ2) is 12.2. The fourth-order valence-corrected chi connectivity index (χ4v) is 3.20. The Morgan fingerprint density at radius 2 is 1.86 bits per heavy atom. The van der Waals surface area contributed by atoms with Gasteiger partial charge in [0.15, 0.2) is 6.61 Å². The summed E-state index contributed by atoms with van der Waals surface area (Å²) in [6, 6.07) is 19.0. The summed E-state index contributed by atoms with van der Waals surface area (Å²) < 4.78 is 24.5. The highest BCUT2D eigenvalue weighted by atomic mass is 35.5. The number of carbonyl (C=O) groups is 2. The van der Waals surface area contributed by atoms with Crippen LogP contribution in [0.3, 0.4) is 0 Å². The zero-order valence-electron chi connectivity index (χ0n) is 18.7. The van der Waals surface area contributed by atoms with Gasteiger partial charge in [0.05, 0.1) is 17.3 Å². The van der Waals surface area contributed by atoms with Crippen LogP contribution < -0.4 is 20.1 Å². The van der Waals surface area contributed by atoms with E-state index in [1.165, 1.54) is 36.4 Å². The molecule has 0 saturated heterocycles. The molecule has 0 unspecified atom stereocenters. The van der Waals surface area contributed by atoms with Gasteiger partial charge in [-0.05, 0) is 55.0 Å².